The molecule has 0 spiro atoms. The fraction of sp³-hybridized carbons (Fsp3) is 0.864. The minimum atomic E-state index is -1.22. The molecular weight excluding hydrogens is 400 g/mol. The molecule has 0 N–H and O–H groups in total. The van der Waals surface area contributed by atoms with Gasteiger partial charge in [0.25, 0.3) is 0 Å². The Morgan fingerprint density at radius 2 is 1.54 bits per heavy atom. The van der Waals surface area contributed by atoms with Crippen LogP contribution in [-0.4, -0.2) is 81.1 Å². The third kappa shape index (κ3) is 6.44. The van der Waals surface area contributed by atoms with Crippen molar-refractivity contribution in [1.82, 2.24) is 0 Å². The van der Waals surface area contributed by atoms with Crippen LogP contribution in [-0.2, 0) is 9.47 Å². The highest BCUT2D eigenvalue weighted by Crippen LogP contribution is 2.59. The number of rotatable bonds is 11. The third-order valence-electron chi connectivity index (χ3n) is 7.82. The number of ether oxygens (including phenoxy) is 2. The van der Waals surface area contributed by atoms with Gasteiger partial charge in [0.2, 0.25) is 0 Å². The molecule has 0 bridgehead atoms. The van der Waals surface area contributed by atoms with Crippen LogP contribution in [0.15, 0.2) is 0 Å². The predicted octanol–water partition coefficient (Wildman–Crippen LogP) is 5.28. The van der Waals surface area contributed by atoms with Gasteiger partial charge in [-0.3, -0.25) is 0 Å². The first-order chi connectivity index (χ1) is 12.7. The topological polar surface area (TPSA) is 18.5 Å². The molecule has 166 valence electrons. The van der Waals surface area contributed by atoms with Gasteiger partial charge < -0.3 is 9.47 Å². The quantitative estimate of drug-likeness (QED) is 0.316. The lowest BCUT2D eigenvalue weighted by molar-refractivity contribution is -0.168. The molecule has 0 aromatic heterocycles. The van der Waals surface area contributed by atoms with Crippen molar-refractivity contribution in [1.29, 1.82) is 0 Å². The fourth-order valence-electron chi connectivity index (χ4n) is 3.63. The zero-order valence-electron chi connectivity index (χ0n) is 20.3. The van der Waals surface area contributed by atoms with Crippen molar-refractivity contribution in [3.05, 3.63) is 0 Å². The van der Waals surface area contributed by atoms with Crippen molar-refractivity contribution in [2.75, 3.05) is 36.7 Å². The van der Waals surface area contributed by atoms with Crippen LogP contribution in [0, 0.1) is 11.3 Å². The summed E-state index contributed by atoms with van der Waals surface area (Å²) >= 11 is 0. The zero-order valence-corrected chi connectivity index (χ0v) is 23.1. The third-order valence-corrected chi connectivity index (χ3v) is 20.6. The van der Waals surface area contributed by atoms with Crippen molar-refractivity contribution in [3.8, 4) is 0 Å². The van der Waals surface area contributed by atoms with Crippen LogP contribution in [0.3, 0.4) is 0 Å². The van der Waals surface area contributed by atoms with Gasteiger partial charge in [0, 0.05) is 11.9 Å². The Hall–Kier alpha value is 0.885. The monoisotopic (exact) mass is 448 g/mol. The molecule has 2 nitrogen and oxygen atoms in total. The Balaban J connectivity index is 2.82. The first-order valence-corrected chi connectivity index (χ1v) is 18.1. The fourth-order valence-corrected chi connectivity index (χ4v) is 15.0. The molecule has 0 aliphatic carbocycles. The molecule has 2 unspecified atom stereocenters. The van der Waals surface area contributed by atoms with Crippen molar-refractivity contribution in [2.24, 2.45) is 11.3 Å². The summed E-state index contributed by atoms with van der Waals surface area (Å²) in [6.45, 7) is 16.0. The van der Waals surface area contributed by atoms with Crippen LogP contribution in [0.2, 0.25) is 0 Å². The van der Waals surface area contributed by atoms with Gasteiger partial charge in [-0.05, 0) is 56.0 Å². The minimum Gasteiger partial charge on any atom is -0.358 e. The second-order valence-electron chi connectivity index (χ2n) is 10.2. The molecule has 6 heteroatoms. The Labute approximate surface area is 178 Å². The molecule has 1 aliphatic rings. The van der Waals surface area contributed by atoms with E-state index in [1.54, 1.807) is 0 Å². The first-order valence-electron chi connectivity index (χ1n) is 11.1. The van der Waals surface area contributed by atoms with Crippen LogP contribution in [0.4, 0.5) is 0 Å². The predicted molar refractivity (Wildman–Crippen MR) is 145 cm³/mol. The molecule has 1 fully saturated rings. The van der Waals surface area contributed by atoms with E-state index in [4.69, 9.17) is 15.8 Å². The lowest BCUT2D eigenvalue weighted by Gasteiger charge is -2.37. The smallest absolute Gasteiger partial charge is 0.161 e. The van der Waals surface area contributed by atoms with E-state index >= 15 is 0 Å². The second-order valence-corrected chi connectivity index (χ2v) is 22.1. The molecule has 0 radical (unpaired) electrons. The summed E-state index contributed by atoms with van der Waals surface area (Å²) in [4.78, 5) is 0. The van der Waals surface area contributed by atoms with E-state index in [0.29, 0.717) is 5.92 Å². The zero-order chi connectivity index (χ0) is 22.0. The normalized spacial score (nSPS) is 28.8. The summed E-state index contributed by atoms with van der Waals surface area (Å²) < 4.78 is 12.8. The SMILES string of the molecule is B[C@@H]1O[C@H](OC(C)(C)[PH](=C)CP(=C)(CC)CCP(=C)(CC)CC)[C@@H](C)C1(C)C. The largest absolute Gasteiger partial charge is 0.358 e. The number of hydrogen-bond donors (Lipinski definition) is 0. The Morgan fingerprint density at radius 3 is 1.93 bits per heavy atom. The highest BCUT2D eigenvalue weighted by atomic mass is 31.2. The molecule has 0 amide bonds. The summed E-state index contributed by atoms with van der Waals surface area (Å²) in [5.41, 5.74) is 0.142. The Kier molecular flexibility index (Phi) is 9.62. The summed E-state index contributed by atoms with van der Waals surface area (Å²) in [6, 6.07) is 0.219. The molecule has 1 aliphatic heterocycles. The molecule has 28 heavy (non-hydrogen) atoms. The van der Waals surface area contributed by atoms with Gasteiger partial charge >= 0.3 is 0 Å². The summed E-state index contributed by atoms with van der Waals surface area (Å²) in [5, 5.41) is -0.214. The van der Waals surface area contributed by atoms with E-state index < -0.39 is 21.3 Å². The molecule has 0 aromatic carbocycles. The molecule has 1 saturated heterocycles. The summed E-state index contributed by atoms with van der Waals surface area (Å²) in [5.74, 6) is 1.57. The first kappa shape index (κ1) is 26.9. The van der Waals surface area contributed by atoms with Gasteiger partial charge in [0.1, 0.15) is 7.85 Å². The maximum absolute atomic E-state index is 6.60. The molecule has 0 saturated carbocycles. The van der Waals surface area contributed by atoms with Crippen molar-refractivity contribution in [3.63, 3.8) is 0 Å². The van der Waals surface area contributed by atoms with Crippen molar-refractivity contribution in [2.45, 2.75) is 73.0 Å². The standard InChI is InChI=1S/C22H48BO2P3/c1-12-27(10,13-2)15-16-28(11,14-3)17-26(9)22(7,8)25-19-18(4)21(5,6)20(23)24-19/h18-20,26H,9-17,23H2,1-8H3/t18-,19-,20-,28?/m1/s1. The van der Waals surface area contributed by atoms with Gasteiger partial charge in [-0.15, -0.1) is 32.7 Å². The maximum Gasteiger partial charge on any atom is 0.161 e. The van der Waals surface area contributed by atoms with E-state index in [0.717, 1.165) is 0 Å². The van der Waals surface area contributed by atoms with E-state index in [2.05, 4.69) is 75.8 Å². The Bertz CT molecular complexity index is 634. The Morgan fingerprint density at radius 1 is 1.07 bits per heavy atom. The van der Waals surface area contributed by atoms with E-state index in [1.807, 2.05) is 0 Å². The van der Waals surface area contributed by atoms with Crippen LogP contribution in [0.5, 0.6) is 0 Å². The van der Waals surface area contributed by atoms with Gasteiger partial charge in [0.15, 0.2) is 6.29 Å². The van der Waals surface area contributed by atoms with Crippen LogP contribution in [0.1, 0.15) is 55.4 Å². The summed E-state index contributed by atoms with van der Waals surface area (Å²) in [7, 11) is 1.22. The lowest BCUT2D eigenvalue weighted by atomic mass is 9.70. The van der Waals surface area contributed by atoms with Gasteiger partial charge in [-0.2, -0.15) is 0 Å². The second kappa shape index (κ2) is 10.0. The highest BCUT2D eigenvalue weighted by Gasteiger charge is 2.47. The molecule has 0 aromatic rings. The van der Waals surface area contributed by atoms with Gasteiger partial charge in [0.05, 0.1) is 5.34 Å². The summed E-state index contributed by atoms with van der Waals surface area (Å²) in [6.07, 6.45) is 20.3. The van der Waals surface area contributed by atoms with Crippen LogP contribution in [0.25, 0.3) is 0 Å². The highest BCUT2D eigenvalue weighted by molar-refractivity contribution is 7.84. The van der Waals surface area contributed by atoms with Crippen LogP contribution < -0.4 is 0 Å². The number of hydrogen-bond acceptors (Lipinski definition) is 2. The van der Waals surface area contributed by atoms with Crippen molar-refractivity contribution < 1.29 is 9.47 Å². The molecule has 5 atom stereocenters. The lowest BCUT2D eigenvalue weighted by Crippen LogP contribution is -2.33. The molecule has 1 rings (SSSR count). The van der Waals surface area contributed by atoms with E-state index in [1.165, 1.54) is 36.7 Å². The minimum absolute atomic E-state index is 0.125. The van der Waals surface area contributed by atoms with Crippen LogP contribution >= 0.6 is 21.3 Å². The molecule has 1 heterocycles. The average Bonchev–Trinajstić information content (AvgIpc) is 2.82. The van der Waals surface area contributed by atoms with Gasteiger partial charge in [-0.25, -0.2) is 0 Å². The van der Waals surface area contributed by atoms with Crippen molar-refractivity contribution >= 4 is 48.1 Å². The molecular formula is C22H48BO2P3. The maximum atomic E-state index is 6.60. The average molecular weight is 448 g/mol. The van der Waals surface area contributed by atoms with E-state index in [-0.39, 0.29) is 23.1 Å². The van der Waals surface area contributed by atoms with E-state index in [9.17, 15) is 0 Å². The van der Waals surface area contributed by atoms with Gasteiger partial charge in [-0.1, -0.05) is 49.1 Å².